The molecule has 0 radical (unpaired) electrons. The number of benzene rings is 1. The molecule has 0 spiro atoms. The maximum Gasteiger partial charge on any atom is 0.243 e. The quantitative estimate of drug-likeness (QED) is 0.601. The van der Waals surface area contributed by atoms with Gasteiger partial charge in [-0.25, -0.2) is 0 Å². The molecule has 1 unspecified atom stereocenters. The van der Waals surface area contributed by atoms with Gasteiger partial charge in [0.25, 0.3) is 0 Å². The molecule has 0 aromatic heterocycles. The number of fused-ring (bicyclic) bond motifs is 1. The van der Waals surface area contributed by atoms with Crippen LogP contribution in [-0.4, -0.2) is 37.6 Å². The van der Waals surface area contributed by atoms with Crippen molar-refractivity contribution in [2.75, 3.05) is 19.8 Å². The van der Waals surface area contributed by atoms with Crippen LogP contribution in [0, 0.1) is 0 Å². The SMILES string of the molecule is NC(=O)COCCNC(=O)C1Cc2ccccc2CN1. The van der Waals surface area contributed by atoms with Crippen LogP contribution in [0.25, 0.3) is 0 Å². The van der Waals surface area contributed by atoms with Gasteiger partial charge in [-0.3, -0.25) is 9.59 Å². The van der Waals surface area contributed by atoms with Crippen LogP contribution < -0.4 is 16.4 Å². The van der Waals surface area contributed by atoms with E-state index in [0.717, 1.165) is 0 Å². The average molecular weight is 277 g/mol. The fourth-order valence-electron chi connectivity index (χ4n) is 2.18. The van der Waals surface area contributed by atoms with Gasteiger partial charge in [0.2, 0.25) is 11.8 Å². The van der Waals surface area contributed by atoms with Gasteiger partial charge in [0.05, 0.1) is 12.6 Å². The largest absolute Gasteiger partial charge is 0.370 e. The summed E-state index contributed by atoms with van der Waals surface area (Å²) >= 11 is 0. The third-order valence-electron chi connectivity index (χ3n) is 3.19. The Morgan fingerprint density at radius 2 is 2.10 bits per heavy atom. The summed E-state index contributed by atoms with van der Waals surface area (Å²) in [6.07, 6.45) is 0.685. The van der Waals surface area contributed by atoms with Gasteiger partial charge in [0, 0.05) is 13.1 Å². The van der Waals surface area contributed by atoms with Crippen molar-refractivity contribution in [3.05, 3.63) is 35.4 Å². The lowest BCUT2D eigenvalue weighted by atomic mass is 9.95. The van der Waals surface area contributed by atoms with Gasteiger partial charge < -0.3 is 21.1 Å². The molecule has 108 valence electrons. The highest BCUT2D eigenvalue weighted by atomic mass is 16.5. The molecule has 2 amide bonds. The molecule has 0 aliphatic carbocycles. The van der Waals surface area contributed by atoms with Crippen LogP contribution in [0.2, 0.25) is 0 Å². The summed E-state index contributed by atoms with van der Waals surface area (Å²) in [7, 11) is 0. The normalized spacial score (nSPS) is 17.3. The molecule has 6 heteroatoms. The lowest BCUT2D eigenvalue weighted by Crippen LogP contribution is -2.48. The van der Waals surface area contributed by atoms with E-state index in [1.165, 1.54) is 11.1 Å². The number of ether oxygens (including phenoxy) is 1. The van der Waals surface area contributed by atoms with Crippen molar-refractivity contribution in [2.45, 2.75) is 19.0 Å². The minimum absolute atomic E-state index is 0.0535. The molecular weight excluding hydrogens is 258 g/mol. The molecule has 1 heterocycles. The molecule has 0 fully saturated rings. The van der Waals surface area contributed by atoms with Crippen LogP contribution >= 0.6 is 0 Å². The topological polar surface area (TPSA) is 93.5 Å². The summed E-state index contributed by atoms with van der Waals surface area (Å²) < 4.78 is 4.98. The molecular formula is C14H19N3O3. The van der Waals surface area contributed by atoms with Gasteiger partial charge in [-0.15, -0.1) is 0 Å². The van der Waals surface area contributed by atoms with Crippen molar-refractivity contribution >= 4 is 11.8 Å². The predicted molar refractivity (Wildman–Crippen MR) is 73.8 cm³/mol. The molecule has 6 nitrogen and oxygen atoms in total. The Balaban J connectivity index is 1.73. The molecule has 0 saturated heterocycles. The van der Waals surface area contributed by atoms with Crippen LogP contribution in [-0.2, 0) is 27.3 Å². The Morgan fingerprint density at radius 1 is 1.35 bits per heavy atom. The van der Waals surface area contributed by atoms with E-state index in [1.807, 2.05) is 18.2 Å². The molecule has 0 bridgehead atoms. The number of amides is 2. The Bertz CT molecular complexity index is 490. The van der Waals surface area contributed by atoms with E-state index in [0.29, 0.717) is 19.5 Å². The Labute approximate surface area is 117 Å². The summed E-state index contributed by atoms with van der Waals surface area (Å²) in [5.74, 6) is -0.566. The molecule has 2 rings (SSSR count). The van der Waals surface area contributed by atoms with Crippen LogP contribution in [0.3, 0.4) is 0 Å². The summed E-state index contributed by atoms with van der Waals surface area (Å²) in [4.78, 5) is 22.4. The monoisotopic (exact) mass is 277 g/mol. The van der Waals surface area contributed by atoms with Crippen molar-refractivity contribution in [3.8, 4) is 0 Å². The number of hydrogen-bond donors (Lipinski definition) is 3. The standard InChI is InChI=1S/C14H19N3O3/c15-13(18)9-20-6-5-16-14(19)12-7-10-3-1-2-4-11(10)8-17-12/h1-4,12,17H,5-9H2,(H2,15,18)(H,16,19). The average Bonchev–Trinajstić information content (AvgIpc) is 2.46. The Morgan fingerprint density at radius 3 is 2.85 bits per heavy atom. The highest BCUT2D eigenvalue weighted by Gasteiger charge is 2.23. The summed E-state index contributed by atoms with van der Waals surface area (Å²) in [5.41, 5.74) is 7.38. The minimum Gasteiger partial charge on any atom is -0.370 e. The predicted octanol–water partition coefficient (Wildman–Crippen LogP) is -0.681. The van der Waals surface area contributed by atoms with Crippen molar-refractivity contribution in [3.63, 3.8) is 0 Å². The van der Waals surface area contributed by atoms with Crippen molar-refractivity contribution in [1.29, 1.82) is 0 Å². The number of nitrogens with one attached hydrogen (secondary N) is 2. The fourth-order valence-corrected chi connectivity index (χ4v) is 2.18. The third-order valence-corrected chi connectivity index (χ3v) is 3.19. The number of nitrogens with two attached hydrogens (primary N) is 1. The molecule has 20 heavy (non-hydrogen) atoms. The summed E-state index contributed by atoms with van der Waals surface area (Å²) in [6.45, 7) is 1.22. The molecule has 1 aliphatic heterocycles. The van der Waals surface area contributed by atoms with E-state index in [2.05, 4.69) is 16.7 Å². The zero-order valence-corrected chi connectivity index (χ0v) is 11.2. The molecule has 1 aromatic carbocycles. The zero-order valence-electron chi connectivity index (χ0n) is 11.2. The number of rotatable bonds is 6. The number of carbonyl (C=O) groups excluding carboxylic acids is 2. The van der Waals surface area contributed by atoms with Crippen LogP contribution in [0.1, 0.15) is 11.1 Å². The second kappa shape index (κ2) is 7.02. The van der Waals surface area contributed by atoms with E-state index in [-0.39, 0.29) is 25.2 Å². The van der Waals surface area contributed by atoms with E-state index in [1.54, 1.807) is 0 Å². The van der Waals surface area contributed by atoms with E-state index >= 15 is 0 Å². The van der Waals surface area contributed by atoms with Crippen LogP contribution in [0.15, 0.2) is 24.3 Å². The van der Waals surface area contributed by atoms with Crippen LogP contribution in [0.4, 0.5) is 0 Å². The Hall–Kier alpha value is -1.92. The number of carbonyl (C=O) groups is 2. The highest BCUT2D eigenvalue weighted by molar-refractivity contribution is 5.82. The first kappa shape index (κ1) is 14.5. The van der Waals surface area contributed by atoms with Crippen molar-refractivity contribution in [1.82, 2.24) is 10.6 Å². The van der Waals surface area contributed by atoms with Crippen molar-refractivity contribution in [2.24, 2.45) is 5.73 Å². The molecule has 1 aliphatic rings. The fraction of sp³-hybridized carbons (Fsp3) is 0.429. The second-order valence-electron chi connectivity index (χ2n) is 4.72. The zero-order chi connectivity index (χ0) is 14.4. The molecule has 0 saturated carbocycles. The van der Waals surface area contributed by atoms with Crippen LogP contribution in [0.5, 0.6) is 0 Å². The number of hydrogen-bond acceptors (Lipinski definition) is 4. The van der Waals surface area contributed by atoms with Gasteiger partial charge >= 0.3 is 0 Å². The van der Waals surface area contributed by atoms with E-state index in [4.69, 9.17) is 10.5 Å². The summed E-state index contributed by atoms with van der Waals surface area (Å²) in [5, 5.41) is 5.99. The highest BCUT2D eigenvalue weighted by Crippen LogP contribution is 2.16. The van der Waals surface area contributed by atoms with Gasteiger partial charge in [-0.05, 0) is 17.5 Å². The second-order valence-corrected chi connectivity index (χ2v) is 4.72. The summed E-state index contributed by atoms with van der Waals surface area (Å²) in [6, 6.07) is 7.87. The first-order valence-electron chi connectivity index (χ1n) is 6.60. The molecule has 1 atom stereocenters. The smallest absolute Gasteiger partial charge is 0.243 e. The maximum atomic E-state index is 12.0. The number of primary amides is 1. The van der Waals surface area contributed by atoms with E-state index in [9.17, 15) is 9.59 Å². The molecule has 1 aromatic rings. The molecule has 4 N–H and O–H groups in total. The minimum atomic E-state index is -0.512. The van der Waals surface area contributed by atoms with Gasteiger partial charge in [0.15, 0.2) is 0 Å². The van der Waals surface area contributed by atoms with Gasteiger partial charge in [0.1, 0.15) is 6.61 Å². The first-order valence-corrected chi connectivity index (χ1v) is 6.60. The van der Waals surface area contributed by atoms with Gasteiger partial charge in [-0.2, -0.15) is 0 Å². The Kier molecular flexibility index (Phi) is 5.09. The van der Waals surface area contributed by atoms with Crippen molar-refractivity contribution < 1.29 is 14.3 Å². The van der Waals surface area contributed by atoms with Gasteiger partial charge in [-0.1, -0.05) is 24.3 Å². The maximum absolute atomic E-state index is 12.0. The third kappa shape index (κ3) is 4.04. The lowest BCUT2D eigenvalue weighted by Gasteiger charge is -2.25. The van der Waals surface area contributed by atoms with E-state index < -0.39 is 5.91 Å². The first-order chi connectivity index (χ1) is 9.66. The lowest BCUT2D eigenvalue weighted by molar-refractivity contribution is -0.123.